The van der Waals surface area contributed by atoms with Crippen LogP contribution in [0.25, 0.3) is 0 Å². The minimum absolute atomic E-state index is 0.207. The Morgan fingerprint density at radius 1 is 1.47 bits per heavy atom. The smallest absolute Gasteiger partial charge is 0.245 e. The fourth-order valence-electron chi connectivity index (χ4n) is 2.45. The molecule has 0 bridgehead atoms. The van der Waals surface area contributed by atoms with Crippen LogP contribution in [0.1, 0.15) is 26.2 Å². The Bertz CT molecular complexity index is 560. The van der Waals surface area contributed by atoms with E-state index in [4.69, 9.17) is 5.73 Å². The molecule has 0 aromatic heterocycles. The van der Waals surface area contributed by atoms with Gasteiger partial charge in [0.1, 0.15) is 4.90 Å². The Balaban J connectivity index is 2.34. The van der Waals surface area contributed by atoms with Crippen molar-refractivity contribution >= 4 is 31.6 Å². The molecular weight excluding hydrogens is 328 g/mol. The maximum Gasteiger partial charge on any atom is 0.245 e. The van der Waals surface area contributed by atoms with Crippen molar-refractivity contribution in [3.05, 3.63) is 22.7 Å². The summed E-state index contributed by atoms with van der Waals surface area (Å²) in [6, 6.07) is 4.96. The van der Waals surface area contributed by atoms with Gasteiger partial charge in [0.2, 0.25) is 10.0 Å². The second-order valence-electron chi connectivity index (χ2n) is 4.96. The number of hydrogen-bond acceptors (Lipinski definition) is 3. The molecule has 1 saturated heterocycles. The lowest BCUT2D eigenvalue weighted by Gasteiger charge is -2.31. The largest absolute Gasteiger partial charge is 0.398 e. The third-order valence-electron chi connectivity index (χ3n) is 3.65. The summed E-state index contributed by atoms with van der Waals surface area (Å²) in [6.45, 7) is 3.30. The second-order valence-corrected chi connectivity index (χ2v) is 7.78. The molecule has 1 heterocycles. The second kappa shape index (κ2) is 5.81. The number of nitrogens with two attached hydrogens (primary N) is 1. The first-order valence-corrected chi connectivity index (χ1v) is 8.73. The molecule has 0 radical (unpaired) electrons. The monoisotopic (exact) mass is 346 g/mol. The van der Waals surface area contributed by atoms with Crippen molar-refractivity contribution in [3.63, 3.8) is 0 Å². The van der Waals surface area contributed by atoms with Crippen molar-refractivity contribution in [2.24, 2.45) is 5.92 Å². The van der Waals surface area contributed by atoms with Crippen molar-refractivity contribution in [2.75, 3.05) is 18.8 Å². The fourth-order valence-corrected chi connectivity index (χ4v) is 4.66. The van der Waals surface area contributed by atoms with Gasteiger partial charge in [-0.1, -0.05) is 29.3 Å². The van der Waals surface area contributed by atoms with Gasteiger partial charge in [-0.15, -0.1) is 0 Å². The third kappa shape index (κ3) is 3.12. The van der Waals surface area contributed by atoms with E-state index in [-0.39, 0.29) is 4.90 Å². The number of piperidine rings is 1. The quantitative estimate of drug-likeness (QED) is 0.856. The summed E-state index contributed by atoms with van der Waals surface area (Å²) in [7, 11) is -3.48. The van der Waals surface area contributed by atoms with Crippen LogP contribution >= 0.6 is 15.9 Å². The molecule has 2 N–H and O–H groups in total. The lowest BCUT2D eigenvalue weighted by Crippen LogP contribution is -2.39. The van der Waals surface area contributed by atoms with Gasteiger partial charge in [0.25, 0.3) is 0 Å². The molecule has 1 unspecified atom stereocenters. The minimum atomic E-state index is -3.48. The van der Waals surface area contributed by atoms with Crippen LogP contribution in [-0.2, 0) is 10.0 Å². The van der Waals surface area contributed by atoms with Crippen LogP contribution in [-0.4, -0.2) is 25.8 Å². The van der Waals surface area contributed by atoms with Gasteiger partial charge in [0.15, 0.2) is 0 Å². The summed E-state index contributed by atoms with van der Waals surface area (Å²) in [5.74, 6) is 0.455. The number of nitrogen functional groups attached to an aromatic ring is 1. The van der Waals surface area contributed by atoms with Crippen molar-refractivity contribution in [1.82, 2.24) is 4.31 Å². The normalized spacial score (nSPS) is 21.5. The summed E-state index contributed by atoms with van der Waals surface area (Å²) in [5.41, 5.74) is 6.13. The van der Waals surface area contributed by atoms with Gasteiger partial charge in [-0.2, -0.15) is 4.31 Å². The highest BCUT2D eigenvalue weighted by atomic mass is 79.9. The van der Waals surface area contributed by atoms with Crippen LogP contribution in [0.2, 0.25) is 0 Å². The minimum Gasteiger partial charge on any atom is -0.398 e. The molecule has 0 amide bonds. The van der Waals surface area contributed by atoms with E-state index in [1.165, 1.54) is 0 Å². The van der Waals surface area contributed by atoms with Crippen LogP contribution in [0, 0.1) is 5.92 Å². The summed E-state index contributed by atoms with van der Waals surface area (Å²) in [6.07, 6.45) is 3.04. The molecule has 6 heteroatoms. The predicted octanol–water partition coefficient (Wildman–Crippen LogP) is 2.84. The molecule has 1 aliphatic rings. The molecule has 1 fully saturated rings. The summed E-state index contributed by atoms with van der Waals surface area (Å²) in [4.78, 5) is 0.207. The Morgan fingerprint density at radius 2 is 2.21 bits per heavy atom. The Hall–Kier alpha value is -0.590. The SMILES string of the molecule is CCC1CCCN(S(=O)(=O)c2cc(Br)ccc2N)C1. The molecule has 1 aromatic carbocycles. The van der Waals surface area contributed by atoms with Crippen LogP contribution in [0.3, 0.4) is 0 Å². The van der Waals surface area contributed by atoms with Gasteiger partial charge >= 0.3 is 0 Å². The summed E-state index contributed by atoms with van der Waals surface area (Å²) < 4.78 is 27.6. The van der Waals surface area contributed by atoms with Gasteiger partial charge in [0.05, 0.1) is 5.69 Å². The molecule has 1 atom stereocenters. The van der Waals surface area contributed by atoms with E-state index in [1.54, 1.807) is 22.5 Å². The van der Waals surface area contributed by atoms with Crippen LogP contribution < -0.4 is 5.73 Å². The number of nitrogens with zero attached hydrogens (tertiary/aromatic N) is 1. The molecule has 0 aliphatic carbocycles. The van der Waals surface area contributed by atoms with E-state index in [1.807, 2.05) is 0 Å². The van der Waals surface area contributed by atoms with Gasteiger partial charge in [-0.3, -0.25) is 0 Å². The van der Waals surface area contributed by atoms with Crippen molar-refractivity contribution in [3.8, 4) is 0 Å². The zero-order chi connectivity index (χ0) is 14.0. The molecule has 0 spiro atoms. The molecule has 1 aromatic rings. The van der Waals surface area contributed by atoms with E-state index >= 15 is 0 Å². The van der Waals surface area contributed by atoms with Crippen LogP contribution in [0.15, 0.2) is 27.6 Å². The average molecular weight is 347 g/mol. The maximum absolute atomic E-state index is 12.6. The Morgan fingerprint density at radius 3 is 2.89 bits per heavy atom. The van der Waals surface area contributed by atoms with Gasteiger partial charge in [0, 0.05) is 17.6 Å². The average Bonchev–Trinajstić information content (AvgIpc) is 2.41. The maximum atomic E-state index is 12.6. The number of hydrogen-bond donors (Lipinski definition) is 1. The highest BCUT2D eigenvalue weighted by Gasteiger charge is 2.30. The first-order valence-electron chi connectivity index (χ1n) is 6.50. The molecule has 19 heavy (non-hydrogen) atoms. The zero-order valence-electron chi connectivity index (χ0n) is 11.0. The molecule has 106 valence electrons. The highest BCUT2D eigenvalue weighted by Crippen LogP contribution is 2.29. The highest BCUT2D eigenvalue weighted by molar-refractivity contribution is 9.10. The van der Waals surface area contributed by atoms with E-state index in [9.17, 15) is 8.42 Å². The van der Waals surface area contributed by atoms with Crippen LogP contribution in [0.5, 0.6) is 0 Å². The standard InChI is InChI=1S/C13H19BrN2O2S/c1-2-10-4-3-7-16(9-10)19(17,18)13-8-11(14)5-6-12(13)15/h5-6,8,10H,2-4,7,9,15H2,1H3. The van der Waals surface area contributed by atoms with Crippen molar-refractivity contribution in [2.45, 2.75) is 31.1 Å². The predicted molar refractivity (Wildman–Crippen MR) is 80.3 cm³/mol. The van der Waals surface area contributed by atoms with E-state index in [0.29, 0.717) is 24.7 Å². The number of anilines is 1. The summed E-state index contributed by atoms with van der Waals surface area (Å²) in [5, 5.41) is 0. The molecule has 2 rings (SSSR count). The summed E-state index contributed by atoms with van der Waals surface area (Å²) >= 11 is 3.30. The Kier molecular flexibility index (Phi) is 4.53. The first kappa shape index (κ1) is 14.8. The topological polar surface area (TPSA) is 63.4 Å². The third-order valence-corrected chi connectivity index (χ3v) is 6.07. The van der Waals surface area contributed by atoms with Gasteiger partial charge < -0.3 is 5.73 Å². The number of rotatable bonds is 3. The lowest BCUT2D eigenvalue weighted by atomic mass is 9.97. The number of halogens is 1. The van der Waals surface area contributed by atoms with E-state index < -0.39 is 10.0 Å². The van der Waals surface area contributed by atoms with Crippen LogP contribution in [0.4, 0.5) is 5.69 Å². The van der Waals surface area contributed by atoms with Gasteiger partial charge in [-0.25, -0.2) is 8.42 Å². The Labute approximate surface area is 123 Å². The number of sulfonamides is 1. The van der Waals surface area contributed by atoms with E-state index in [0.717, 1.165) is 23.7 Å². The van der Waals surface area contributed by atoms with Crippen molar-refractivity contribution < 1.29 is 8.42 Å². The molecule has 1 aliphatic heterocycles. The first-order chi connectivity index (χ1) is 8.95. The fraction of sp³-hybridized carbons (Fsp3) is 0.538. The lowest BCUT2D eigenvalue weighted by molar-refractivity contribution is 0.261. The number of benzene rings is 1. The van der Waals surface area contributed by atoms with Gasteiger partial charge in [-0.05, 0) is 37.0 Å². The molecular formula is C13H19BrN2O2S. The van der Waals surface area contributed by atoms with Crippen molar-refractivity contribution in [1.29, 1.82) is 0 Å². The zero-order valence-corrected chi connectivity index (χ0v) is 13.4. The van der Waals surface area contributed by atoms with E-state index in [2.05, 4.69) is 22.9 Å². The molecule has 0 saturated carbocycles. The molecule has 4 nitrogen and oxygen atoms in total.